The molecule has 0 aliphatic rings. The van der Waals surface area contributed by atoms with E-state index >= 15 is 0 Å². The first kappa shape index (κ1) is 15.7. The summed E-state index contributed by atoms with van der Waals surface area (Å²) in [5.74, 6) is 6.42. The highest BCUT2D eigenvalue weighted by Crippen LogP contribution is 2.31. The number of methoxy groups -OCH3 is 1. The molecule has 21 heavy (non-hydrogen) atoms. The topological polar surface area (TPSA) is 69.4 Å². The van der Waals surface area contributed by atoms with Gasteiger partial charge in [-0.2, -0.15) is 0 Å². The normalized spacial score (nSPS) is 12.1. The minimum Gasteiger partial charge on any atom is -0.491 e. The van der Waals surface area contributed by atoms with Crippen LogP contribution in [0.15, 0.2) is 42.6 Å². The molecule has 0 spiro atoms. The summed E-state index contributed by atoms with van der Waals surface area (Å²) >= 11 is 6.21. The third-order valence-electron chi connectivity index (χ3n) is 3.00. The van der Waals surface area contributed by atoms with Crippen molar-refractivity contribution in [1.82, 2.24) is 10.4 Å². The van der Waals surface area contributed by atoms with Gasteiger partial charge in [-0.15, -0.1) is 0 Å². The summed E-state index contributed by atoms with van der Waals surface area (Å²) < 4.78 is 10.7. The molecule has 1 heterocycles. The molecule has 0 aliphatic heterocycles. The number of para-hydroxylation sites is 1. The standard InChI is InChI=1S/C15H18ClN3O2/c1-20-9-10-21-13-7-3-2-5-11(13)14(19-17)15-12(16)6-4-8-18-15/h2-8,14,19H,9-10,17H2,1H3. The van der Waals surface area contributed by atoms with E-state index in [4.69, 9.17) is 26.9 Å². The Kier molecular flexibility index (Phi) is 5.95. The molecule has 0 saturated heterocycles. The van der Waals surface area contributed by atoms with Gasteiger partial charge in [0, 0.05) is 18.9 Å². The number of benzene rings is 1. The zero-order valence-electron chi connectivity index (χ0n) is 11.8. The molecule has 3 N–H and O–H groups in total. The number of nitrogens with two attached hydrogens (primary N) is 1. The molecule has 1 aromatic heterocycles. The van der Waals surface area contributed by atoms with Crippen molar-refractivity contribution in [3.63, 3.8) is 0 Å². The molecule has 1 atom stereocenters. The second-order valence-electron chi connectivity index (χ2n) is 4.35. The maximum Gasteiger partial charge on any atom is 0.124 e. The van der Waals surface area contributed by atoms with Crippen molar-refractivity contribution in [3.05, 3.63) is 58.9 Å². The molecule has 0 aliphatic carbocycles. The average molecular weight is 308 g/mol. The van der Waals surface area contributed by atoms with Crippen LogP contribution in [0.3, 0.4) is 0 Å². The van der Waals surface area contributed by atoms with E-state index in [0.29, 0.717) is 23.9 Å². The zero-order chi connectivity index (χ0) is 15.1. The van der Waals surface area contributed by atoms with E-state index in [-0.39, 0.29) is 6.04 Å². The highest BCUT2D eigenvalue weighted by molar-refractivity contribution is 6.31. The largest absolute Gasteiger partial charge is 0.491 e. The number of hydrogen-bond acceptors (Lipinski definition) is 5. The van der Waals surface area contributed by atoms with Crippen molar-refractivity contribution < 1.29 is 9.47 Å². The maximum absolute atomic E-state index is 6.21. The average Bonchev–Trinajstić information content (AvgIpc) is 2.51. The summed E-state index contributed by atoms with van der Waals surface area (Å²) in [6.07, 6.45) is 1.68. The van der Waals surface area contributed by atoms with Crippen LogP contribution in [-0.2, 0) is 4.74 Å². The summed E-state index contributed by atoms with van der Waals surface area (Å²) in [6, 6.07) is 10.8. The van der Waals surface area contributed by atoms with Crippen LogP contribution in [0.2, 0.25) is 5.02 Å². The number of pyridine rings is 1. The molecule has 6 heteroatoms. The first-order chi connectivity index (χ1) is 10.3. The van der Waals surface area contributed by atoms with E-state index in [2.05, 4.69) is 10.4 Å². The molecule has 1 aromatic carbocycles. The molecular formula is C15H18ClN3O2. The monoisotopic (exact) mass is 307 g/mol. The number of halogens is 1. The number of aromatic nitrogens is 1. The minimum absolute atomic E-state index is 0.350. The van der Waals surface area contributed by atoms with E-state index in [9.17, 15) is 0 Å². The molecular weight excluding hydrogens is 290 g/mol. The number of nitrogens with zero attached hydrogens (tertiary/aromatic N) is 1. The number of ether oxygens (including phenoxy) is 2. The van der Waals surface area contributed by atoms with Gasteiger partial charge < -0.3 is 9.47 Å². The molecule has 5 nitrogen and oxygen atoms in total. The fourth-order valence-electron chi connectivity index (χ4n) is 2.01. The van der Waals surface area contributed by atoms with Crippen molar-refractivity contribution in [3.8, 4) is 5.75 Å². The fourth-order valence-corrected chi connectivity index (χ4v) is 2.24. The molecule has 0 radical (unpaired) electrons. The van der Waals surface area contributed by atoms with Gasteiger partial charge in [-0.1, -0.05) is 29.8 Å². The lowest BCUT2D eigenvalue weighted by Crippen LogP contribution is -2.30. The Morgan fingerprint density at radius 3 is 2.76 bits per heavy atom. The minimum atomic E-state index is -0.350. The highest BCUT2D eigenvalue weighted by Gasteiger charge is 2.20. The molecule has 0 amide bonds. The van der Waals surface area contributed by atoms with Gasteiger partial charge in [0.1, 0.15) is 12.4 Å². The number of hydrazine groups is 1. The lowest BCUT2D eigenvalue weighted by molar-refractivity contribution is 0.145. The highest BCUT2D eigenvalue weighted by atomic mass is 35.5. The van der Waals surface area contributed by atoms with E-state index in [0.717, 1.165) is 11.3 Å². The summed E-state index contributed by atoms with van der Waals surface area (Å²) in [7, 11) is 1.63. The summed E-state index contributed by atoms with van der Waals surface area (Å²) in [5, 5.41) is 0.548. The molecule has 0 fully saturated rings. The first-order valence-electron chi connectivity index (χ1n) is 6.55. The Labute approximate surface area is 129 Å². The van der Waals surface area contributed by atoms with Crippen molar-refractivity contribution in [2.75, 3.05) is 20.3 Å². The summed E-state index contributed by atoms with van der Waals surface area (Å²) in [5.41, 5.74) is 4.28. The predicted octanol–water partition coefficient (Wildman–Crippen LogP) is 2.31. The van der Waals surface area contributed by atoms with Gasteiger partial charge in [0.05, 0.1) is 23.4 Å². The van der Waals surface area contributed by atoms with Gasteiger partial charge >= 0.3 is 0 Å². The summed E-state index contributed by atoms with van der Waals surface area (Å²) in [6.45, 7) is 0.972. The van der Waals surface area contributed by atoms with E-state index in [1.807, 2.05) is 24.3 Å². The van der Waals surface area contributed by atoms with Crippen LogP contribution >= 0.6 is 11.6 Å². The predicted molar refractivity (Wildman–Crippen MR) is 82.2 cm³/mol. The van der Waals surface area contributed by atoms with Crippen LogP contribution in [0.25, 0.3) is 0 Å². The third kappa shape index (κ3) is 3.92. The van der Waals surface area contributed by atoms with Gasteiger partial charge in [-0.3, -0.25) is 10.8 Å². The van der Waals surface area contributed by atoms with Crippen molar-refractivity contribution in [2.45, 2.75) is 6.04 Å². The number of rotatable bonds is 7. The van der Waals surface area contributed by atoms with Crippen molar-refractivity contribution in [2.24, 2.45) is 5.84 Å². The quantitative estimate of drug-likeness (QED) is 0.467. The SMILES string of the molecule is COCCOc1ccccc1C(NN)c1ncccc1Cl. The summed E-state index contributed by atoms with van der Waals surface area (Å²) in [4.78, 5) is 4.31. The maximum atomic E-state index is 6.21. The van der Waals surface area contributed by atoms with E-state index in [1.54, 1.807) is 25.4 Å². The lowest BCUT2D eigenvalue weighted by atomic mass is 10.0. The van der Waals surface area contributed by atoms with Crippen molar-refractivity contribution >= 4 is 11.6 Å². The van der Waals surface area contributed by atoms with Crippen LogP contribution < -0.4 is 16.0 Å². The molecule has 1 unspecified atom stereocenters. The molecule has 112 valence electrons. The number of nitrogens with one attached hydrogen (secondary N) is 1. The molecule has 0 bridgehead atoms. The van der Waals surface area contributed by atoms with Gasteiger partial charge in [0.15, 0.2) is 0 Å². The van der Waals surface area contributed by atoms with Gasteiger partial charge in [-0.25, -0.2) is 5.43 Å². The van der Waals surface area contributed by atoms with Crippen LogP contribution in [0.1, 0.15) is 17.3 Å². The van der Waals surface area contributed by atoms with Gasteiger partial charge in [0.25, 0.3) is 0 Å². The van der Waals surface area contributed by atoms with E-state index in [1.165, 1.54) is 0 Å². The second-order valence-corrected chi connectivity index (χ2v) is 4.76. The first-order valence-corrected chi connectivity index (χ1v) is 6.93. The van der Waals surface area contributed by atoms with Crippen molar-refractivity contribution in [1.29, 1.82) is 0 Å². The van der Waals surface area contributed by atoms with Crippen LogP contribution in [0.4, 0.5) is 0 Å². The lowest BCUT2D eigenvalue weighted by Gasteiger charge is -2.20. The third-order valence-corrected chi connectivity index (χ3v) is 3.32. The van der Waals surface area contributed by atoms with Crippen LogP contribution in [0.5, 0.6) is 5.75 Å². The van der Waals surface area contributed by atoms with Gasteiger partial charge in [0.2, 0.25) is 0 Å². The van der Waals surface area contributed by atoms with Gasteiger partial charge in [-0.05, 0) is 18.2 Å². The molecule has 0 saturated carbocycles. The smallest absolute Gasteiger partial charge is 0.124 e. The Bertz CT molecular complexity index is 580. The molecule has 2 rings (SSSR count). The van der Waals surface area contributed by atoms with Crippen LogP contribution in [0, 0.1) is 0 Å². The Hall–Kier alpha value is -1.66. The van der Waals surface area contributed by atoms with Crippen LogP contribution in [-0.4, -0.2) is 25.3 Å². The zero-order valence-corrected chi connectivity index (χ0v) is 12.5. The molecule has 2 aromatic rings. The Morgan fingerprint density at radius 2 is 2.05 bits per heavy atom. The number of hydrogen-bond donors (Lipinski definition) is 2. The Morgan fingerprint density at radius 1 is 1.24 bits per heavy atom. The Balaban J connectivity index is 2.32. The second kappa shape index (κ2) is 7.95. The fraction of sp³-hybridized carbons (Fsp3) is 0.267. The van der Waals surface area contributed by atoms with E-state index < -0.39 is 0 Å².